The van der Waals surface area contributed by atoms with Crippen LogP contribution in [0.3, 0.4) is 0 Å². The van der Waals surface area contributed by atoms with Crippen molar-refractivity contribution in [1.82, 2.24) is 10.2 Å². The molecule has 164 valence electrons. The van der Waals surface area contributed by atoms with Gasteiger partial charge in [0.1, 0.15) is 5.82 Å². The molecular weight excluding hydrogens is 397 g/mol. The number of ether oxygens (including phenoxy) is 1. The molecule has 1 N–H and O–H groups in total. The van der Waals surface area contributed by atoms with Gasteiger partial charge in [-0.2, -0.15) is 0 Å². The van der Waals surface area contributed by atoms with Gasteiger partial charge in [-0.05, 0) is 35.7 Å². The Kier molecular flexibility index (Phi) is 6.63. The number of hydrogen-bond acceptors (Lipinski definition) is 4. The highest BCUT2D eigenvalue weighted by atomic mass is 19.1. The molecular formula is C24H28FN3O3. The van der Waals surface area contributed by atoms with Crippen molar-refractivity contribution in [2.24, 2.45) is 5.92 Å². The molecule has 2 aliphatic heterocycles. The number of benzene rings is 2. The van der Waals surface area contributed by atoms with Gasteiger partial charge < -0.3 is 15.0 Å². The lowest BCUT2D eigenvalue weighted by atomic mass is 10.1. The van der Waals surface area contributed by atoms with Gasteiger partial charge in [0.05, 0.1) is 19.1 Å². The molecule has 0 radical (unpaired) electrons. The Balaban J connectivity index is 1.28. The topological polar surface area (TPSA) is 61.9 Å². The second-order valence-corrected chi connectivity index (χ2v) is 8.26. The van der Waals surface area contributed by atoms with Gasteiger partial charge in [0, 0.05) is 44.8 Å². The van der Waals surface area contributed by atoms with E-state index in [0.717, 1.165) is 38.4 Å². The molecule has 7 heteroatoms. The maximum absolute atomic E-state index is 13.9. The van der Waals surface area contributed by atoms with Gasteiger partial charge in [0.15, 0.2) is 0 Å². The van der Waals surface area contributed by atoms with E-state index in [2.05, 4.69) is 22.3 Å². The van der Waals surface area contributed by atoms with Crippen LogP contribution in [0.25, 0.3) is 0 Å². The van der Waals surface area contributed by atoms with Crippen LogP contribution in [-0.2, 0) is 27.4 Å². The fourth-order valence-electron chi connectivity index (χ4n) is 4.00. The minimum atomic E-state index is -0.433. The Labute approximate surface area is 182 Å². The van der Waals surface area contributed by atoms with Crippen molar-refractivity contribution in [3.8, 4) is 0 Å². The Morgan fingerprint density at radius 1 is 1.13 bits per heavy atom. The number of aryl methyl sites for hydroxylation is 1. The number of anilines is 1. The lowest BCUT2D eigenvalue weighted by Gasteiger charge is -2.26. The van der Waals surface area contributed by atoms with Gasteiger partial charge >= 0.3 is 0 Å². The lowest BCUT2D eigenvalue weighted by molar-refractivity contribution is -0.126. The summed E-state index contributed by atoms with van der Waals surface area (Å²) in [6, 6.07) is 12.9. The minimum absolute atomic E-state index is 0.139. The molecule has 0 aromatic heterocycles. The standard InChI is InChI=1S/C24H28FN3O3/c1-17-2-7-21(13-22(17)25)28-16-20(12-23(28)29)24(30)26-14-18-3-5-19(6-4-18)15-27-8-10-31-11-9-27/h2-7,13,20H,8-12,14-16H2,1H3,(H,26,30)/t20-/m0/s1. The zero-order chi connectivity index (χ0) is 21.8. The number of carbonyl (C=O) groups is 2. The summed E-state index contributed by atoms with van der Waals surface area (Å²) in [5.74, 6) is -1.09. The summed E-state index contributed by atoms with van der Waals surface area (Å²) in [7, 11) is 0. The van der Waals surface area contributed by atoms with Crippen molar-refractivity contribution in [3.05, 3.63) is 65.0 Å². The van der Waals surface area contributed by atoms with Crippen molar-refractivity contribution in [3.63, 3.8) is 0 Å². The molecule has 2 aromatic rings. The predicted molar refractivity (Wildman–Crippen MR) is 116 cm³/mol. The molecule has 1 atom stereocenters. The molecule has 31 heavy (non-hydrogen) atoms. The summed E-state index contributed by atoms with van der Waals surface area (Å²) in [6.07, 6.45) is 0.139. The Bertz CT molecular complexity index is 942. The fourth-order valence-corrected chi connectivity index (χ4v) is 4.00. The van der Waals surface area contributed by atoms with Crippen LogP contribution < -0.4 is 10.2 Å². The van der Waals surface area contributed by atoms with E-state index in [1.54, 1.807) is 19.1 Å². The van der Waals surface area contributed by atoms with Gasteiger partial charge in [-0.15, -0.1) is 0 Å². The van der Waals surface area contributed by atoms with E-state index in [1.807, 2.05) is 12.1 Å². The lowest BCUT2D eigenvalue weighted by Crippen LogP contribution is -2.35. The van der Waals surface area contributed by atoms with Crippen LogP contribution in [0.15, 0.2) is 42.5 Å². The molecule has 4 rings (SSSR count). The van der Waals surface area contributed by atoms with E-state index < -0.39 is 5.92 Å². The summed E-state index contributed by atoms with van der Waals surface area (Å²) >= 11 is 0. The molecule has 0 aliphatic carbocycles. The SMILES string of the molecule is Cc1ccc(N2C[C@@H](C(=O)NCc3ccc(CN4CCOCC4)cc3)CC2=O)cc1F. The average molecular weight is 426 g/mol. The molecule has 2 amide bonds. The third-order valence-electron chi connectivity index (χ3n) is 5.96. The first-order valence-electron chi connectivity index (χ1n) is 10.7. The first-order chi connectivity index (χ1) is 15.0. The van der Waals surface area contributed by atoms with Gasteiger partial charge in [-0.3, -0.25) is 14.5 Å². The largest absolute Gasteiger partial charge is 0.379 e. The number of amides is 2. The van der Waals surface area contributed by atoms with Crippen LogP contribution in [0, 0.1) is 18.7 Å². The number of carbonyl (C=O) groups excluding carboxylic acids is 2. The number of hydrogen-bond donors (Lipinski definition) is 1. The van der Waals surface area contributed by atoms with E-state index in [9.17, 15) is 14.0 Å². The van der Waals surface area contributed by atoms with Crippen LogP contribution in [-0.4, -0.2) is 49.6 Å². The molecule has 0 spiro atoms. The van der Waals surface area contributed by atoms with E-state index in [1.165, 1.54) is 16.5 Å². The van der Waals surface area contributed by atoms with Gasteiger partial charge in [-0.1, -0.05) is 30.3 Å². The van der Waals surface area contributed by atoms with Crippen LogP contribution >= 0.6 is 0 Å². The average Bonchev–Trinajstić information content (AvgIpc) is 3.17. The highest BCUT2D eigenvalue weighted by Gasteiger charge is 2.35. The summed E-state index contributed by atoms with van der Waals surface area (Å²) in [5, 5.41) is 2.94. The highest BCUT2D eigenvalue weighted by molar-refractivity contribution is 6.00. The van der Waals surface area contributed by atoms with Gasteiger partial charge in [-0.25, -0.2) is 4.39 Å². The zero-order valence-electron chi connectivity index (χ0n) is 17.8. The molecule has 2 aromatic carbocycles. The highest BCUT2D eigenvalue weighted by Crippen LogP contribution is 2.26. The first kappa shape index (κ1) is 21.5. The van der Waals surface area contributed by atoms with Crippen LogP contribution in [0.5, 0.6) is 0 Å². The monoisotopic (exact) mass is 425 g/mol. The van der Waals surface area contributed by atoms with E-state index in [4.69, 9.17) is 4.74 Å². The fraction of sp³-hybridized carbons (Fsp3) is 0.417. The summed E-state index contributed by atoms with van der Waals surface area (Å²) in [4.78, 5) is 28.8. The maximum atomic E-state index is 13.9. The summed E-state index contributed by atoms with van der Waals surface area (Å²) in [6.45, 7) is 6.72. The Hall–Kier alpha value is -2.77. The molecule has 0 unspecified atom stereocenters. The van der Waals surface area contributed by atoms with Crippen molar-refractivity contribution in [2.45, 2.75) is 26.4 Å². The van der Waals surface area contributed by atoms with Crippen molar-refractivity contribution in [1.29, 1.82) is 0 Å². The second kappa shape index (κ2) is 9.58. The quantitative estimate of drug-likeness (QED) is 0.773. The third kappa shape index (κ3) is 5.29. The van der Waals surface area contributed by atoms with Gasteiger partial charge in [0.25, 0.3) is 0 Å². The molecule has 2 aliphatic rings. The predicted octanol–water partition coefficient (Wildman–Crippen LogP) is 2.64. The van der Waals surface area contributed by atoms with Crippen LogP contribution in [0.4, 0.5) is 10.1 Å². The molecule has 0 bridgehead atoms. The molecule has 6 nitrogen and oxygen atoms in total. The van der Waals surface area contributed by atoms with E-state index in [-0.39, 0.29) is 30.6 Å². The molecule has 2 heterocycles. The third-order valence-corrected chi connectivity index (χ3v) is 5.96. The number of rotatable bonds is 6. The normalized spacial score (nSPS) is 19.6. The van der Waals surface area contributed by atoms with E-state index >= 15 is 0 Å². The first-order valence-corrected chi connectivity index (χ1v) is 10.7. The van der Waals surface area contributed by atoms with E-state index in [0.29, 0.717) is 17.8 Å². The van der Waals surface area contributed by atoms with Crippen molar-refractivity contribution < 1.29 is 18.7 Å². The molecule has 2 saturated heterocycles. The smallest absolute Gasteiger partial charge is 0.227 e. The maximum Gasteiger partial charge on any atom is 0.227 e. The summed E-state index contributed by atoms with van der Waals surface area (Å²) in [5.41, 5.74) is 3.28. The summed E-state index contributed by atoms with van der Waals surface area (Å²) < 4.78 is 19.2. The molecule has 0 saturated carbocycles. The number of nitrogens with one attached hydrogen (secondary N) is 1. The Morgan fingerprint density at radius 3 is 2.55 bits per heavy atom. The van der Waals surface area contributed by atoms with Crippen LogP contribution in [0.2, 0.25) is 0 Å². The number of morpholine rings is 1. The van der Waals surface area contributed by atoms with Crippen molar-refractivity contribution in [2.75, 3.05) is 37.7 Å². The Morgan fingerprint density at radius 2 is 1.84 bits per heavy atom. The minimum Gasteiger partial charge on any atom is -0.379 e. The zero-order valence-corrected chi connectivity index (χ0v) is 17.8. The second-order valence-electron chi connectivity index (χ2n) is 8.26. The van der Waals surface area contributed by atoms with Crippen molar-refractivity contribution >= 4 is 17.5 Å². The van der Waals surface area contributed by atoms with Crippen LogP contribution in [0.1, 0.15) is 23.1 Å². The van der Waals surface area contributed by atoms with Gasteiger partial charge in [0.2, 0.25) is 11.8 Å². The number of halogens is 1. The molecule has 2 fully saturated rings. The number of nitrogens with zero attached hydrogens (tertiary/aromatic N) is 2.